The van der Waals surface area contributed by atoms with Gasteiger partial charge in [-0.3, -0.25) is 9.36 Å². The van der Waals surface area contributed by atoms with Gasteiger partial charge >= 0.3 is 5.69 Å². The highest BCUT2D eigenvalue weighted by Crippen LogP contribution is 2.41. The molecule has 1 N–H and O–H groups in total. The molecule has 1 aromatic heterocycles. The molecule has 122 valence electrons. The van der Waals surface area contributed by atoms with E-state index in [4.69, 9.17) is 4.74 Å². The molecule has 1 amide bonds. The van der Waals surface area contributed by atoms with Crippen molar-refractivity contribution in [1.82, 2.24) is 14.9 Å². The highest BCUT2D eigenvalue weighted by molar-refractivity contribution is 5.82. The standard InChI is InChI=1S/C16H25N3O3/c1-2-22-13-8-16(6-3-4-7-16)14(20)17-10-12-19-11-5-9-18-15(19)21/h5,9,11H,2-4,6-8,10,12-13H2,1H3,(H,17,20). The zero-order valence-corrected chi connectivity index (χ0v) is 13.2. The third-order valence-corrected chi connectivity index (χ3v) is 4.39. The monoisotopic (exact) mass is 307 g/mol. The second kappa shape index (κ2) is 8.08. The first-order chi connectivity index (χ1) is 10.7. The zero-order valence-electron chi connectivity index (χ0n) is 13.2. The summed E-state index contributed by atoms with van der Waals surface area (Å²) in [4.78, 5) is 27.8. The summed E-state index contributed by atoms with van der Waals surface area (Å²) in [5, 5.41) is 2.99. The van der Waals surface area contributed by atoms with Crippen molar-refractivity contribution < 1.29 is 9.53 Å². The third-order valence-electron chi connectivity index (χ3n) is 4.39. The van der Waals surface area contributed by atoms with Crippen molar-refractivity contribution >= 4 is 5.91 Å². The largest absolute Gasteiger partial charge is 0.382 e. The van der Waals surface area contributed by atoms with Crippen molar-refractivity contribution in [3.63, 3.8) is 0 Å². The first-order valence-corrected chi connectivity index (χ1v) is 8.05. The van der Waals surface area contributed by atoms with Crippen LogP contribution in [0.3, 0.4) is 0 Å². The van der Waals surface area contributed by atoms with E-state index in [0.29, 0.717) is 26.3 Å². The first-order valence-electron chi connectivity index (χ1n) is 8.05. The maximum atomic E-state index is 12.6. The van der Waals surface area contributed by atoms with Crippen molar-refractivity contribution in [2.24, 2.45) is 5.41 Å². The lowest BCUT2D eigenvalue weighted by Crippen LogP contribution is -2.42. The van der Waals surface area contributed by atoms with Crippen molar-refractivity contribution in [2.45, 2.75) is 45.6 Å². The van der Waals surface area contributed by atoms with Crippen molar-refractivity contribution in [3.05, 3.63) is 28.9 Å². The van der Waals surface area contributed by atoms with Crippen molar-refractivity contribution in [3.8, 4) is 0 Å². The van der Waals surface area contributed by atoms with E-state index in [0.717, 1.165) is 32.1 Å². The maximum Gasteiger partial charge on any atom is 0.347 e. The topological polar surface area (TPSA) is 73.2 Å². The van der Waals surface area contributed by atoms with Crippen LogP contribution in [0.2, 0.25) is 0 Å². The highest BCUT2D eigenvalue weighted by atomic mass is 16.5. The average Bonchev–Trinajstić information content (AvgIpc) is 2.99. The molecule has 0 aromatic carbocycles. The second-order valence-corrected chi connectivity index (χ2v) is 5.79. The minimum absolute atomic E-state index is 0.0987. The normalized spacial score (nSPS) is 16.6. The number of aromatic nitrogens is 2. The SMILES string of the molecule is CCOCCC1(C(=O)NCCn2cccnc2=O)CCCC1. The molecule has 1 aliphatic rings. The van der Waals surface area contributed by atoms with Gasteiger partial charge in [0, 0.05) is 38.7 Å². The van der Waals surface area contributed by atoms with Crippen LogP contribution in [0.25, 0.3) is 0 Å². The van der Waals surface area contributed by atoms with E-state index in [1.54, 1.807) is 12.3 Å². The van der Waals surface area contributed by atoms with E-state index in [9.17, 15) is 9.59 Å². The molecule has 1 aromatic rings. The van der Waals surface area contributed by atoms with E-state index in [1.807, 2.05) is 6.92 Å². The van der Waals surface area contributed by atoms with Crippen LogP contribution in [0.5, 0.6) is 0 Å². The fraction of sp³-hybridized carbons (Fsp3) is 0.688. The van der Waals surface area contributed by atoms with Crippen LogP contribution in [-0.2, 0) is 16.1 Å². The van der Waals surface area contributed by atoms with Crippen LogP contribution >= 0.6 is 0 Å². The Bertz CT molecular complexity index is 535. The number of hydrogen-bond acceptors (Lipinski definition) is 4. The Morgan fingerprint density at radius 2 is 2.23 bits per heavy atom. The van der Waals surface area contributed by atoms with Crippen LogP contribution < -0.4 is 11.0 Å². The van der Waals surface area contributed by atoms with Crippen molar-refractivity contribution in [1.29, 1.82) is 0 Å². The molecule has 0 radical (unpaired) electrons. The summed E-state index contributed by atoms with van der Waals surface area (Å²) < 4.78 is 6.93. The molecular formula is C16H25N3O3. The summed E-state index contributed by atoms with van der Waals surface area (Å²) in [5.41, 5.74) is -0.571. The molecule has 1 saturated carbocycles. The molecule has 22 heavy (non-hydrogen) atoms. The molecule has 0 atom stereocenters. The Morgan fingerprint density at radius 1 is 1.45 bits per heavy atom. The molecule has 0 saturated heterocycles. The van der Waals surface area contributed by atoms with Gasteiger partial charge in [0.1, 0.15) is 0 Å². The van der Waals surface area contributed by atoms with Gasteiger partial charge in [-0.2, -0.15) is 0 Å². The van der Waals surface area contributed by atoms with Crippen LogP contribution in [-0.4, -0.2) is 35.2 Å². The molecule has 1 fully saturated rings. The lowest BCUT2D eigenvalue weighted by Gasteiger charge is -2.27. The van der Waals surface area contributed by atoms with Crippen LogP contribution in [0.1, 0.15) is 39.0 Å². The van der Waals surface area contributed by atoms with Gasteiger partial charge in [-0.25, -0.2) is 9.78 Å². The summed E-state index contributed by atoms with van der Waals surface area (Å²) in [7, 11) is 0. The van der Waals surface area contributed by atoms with E-state index in [1.165, 1.54) is 10.8 Å². The number of nitrogens with one attached hydrogen (secondary N) is 1. The predicted molar refractivity (Wildman–Crippen MR) is 83.5 cm³/mol. The summed E-state index contributed by atoms with van der Waals surface area (Å²) in [6.45, 7) is 4.17. The fourth-order valence-corrected chi connectivity index (χ4v) is 3.09. The molecule has 0 spiro atoms. The van der Waals surface area contributed by atoms with Crippen LogP contribution in [0.15, 0.2) is 23.3 Å². The predicted octanol–water partition coefficient (Wildman–Crippen LogP) is 1.35. The summed E-state index contributed by atoms with van der Waals surface area (Å²) in [6.07, 6.45) is 7.99. The van der Waals surface area contributed by atoms with E-state index < -0.39 is 0 Å². The molecule has 6 heteroatoms. The number of ether oxygens (including phenoxy) is 1. The van der Waals surface area contributed by atoms with Gasteiger partial charge < -0.3 is 10.1 Å². The highest BCUT2D eigenvalue weighted by Gasteiger charge is 2.40. The third kappa shape index (κ3) is 4.16. The molecule has 2 rings (SSSR count). The number of carbonyl (C=O) groups is 1. The smallest absolute Gasteiger partial charge is 0.347 e. The van der Waals surface area contributed by atoms with Gasteiger partial charge in [-0.05, 0) is 32.3 Å². The minimum Gasteiger partial charge on any atom is -0.382 e. The average molecular weight is 307 g/mol. The molecule has 0 bridgehead atoms. The molecule has 1 aliphatic carbocycles. The quantitative estimate of drug-likeness (QED) is 0.736. The second-order valence-electron chi connectivity index (χ2n) is 5.79. The number of amides is 1. The lowest BCUT2D eigenvalue weighted by molar-refractivity contribution is -0.132. The number of carbonyl (C=O) groups excluding carboxylic acids is 1. The van der Waals surface area contributed by atoms with E-state index in [2.05, 4.69) is 10.3 Å². The van der Waals surface area contributed by atoms with Gasteiger partial charge in [0.25, 0.3) is 0 Å². The maximum absolute atomic E-state index is 12.6. The van der Waals surface area contributed by atoms with Crippen molar-refractivity contribution in [2.75, 3.05) is 19.8 Å². The van der Waals surface area contributed by atoms with Gasteiger partial charge in [0.05, 0.1) is 5.41 Å². The summed E-state index contributed by atoms with van der Waals surface area (Å²) >= 11 is 0. The Balaban J connectivity index is 1.86. The number of hydrogen-bond donors (Lipinski definition) is 1. The number of nitrogens with zero attached hydrogens (tertiary/aromatic N) is 2. The molecule has 0 unspecified atom stereocenters. The summed E-state index contributed by atoms with van der Waals surface area (Å²) in [6, 6.07) is 1.71. The molecule has 1 heterocycles. The van der Waals surface area contributed by atoms with Crippen LogP contribution in [0.4, 0.5) is 0 Å². The molecule has 0 aliphatic heterocycles. The molecule has 6 nitrogen and oxygen atoms in total. The van der Waals surface area contributed by atoms with Crippen LogP contribution in [0, 0.1) is 5.41 Å². The Labute approximate surface area is 130 Å². The van der Waals surface area contributed by atoms with Gasteiger partial charge in [0.2, 0.25) is 5.91 Å². The van der Waals surface area contributed by atoms with E-state index >= 15 is 0 Å². The summed E-state index contributed by atoms with van der Waals surface area (Å²) in [5.74, 6) is 0.0987. The minimum atomic E-state index is -0.288. The Morgan fingerprint density at radius 3 is 2.91 bits per heavy atom. The van der Waals surface area contributed by atoms with Gasteiger partial charge in [-0.15, -0.1) is 0 Å². The fourth-order valence-electron chi connectivity index (χ4n) is 3.09. The lowest BCUT2D eigenvalue weighted by atomic mass is 9.82. The Hall–Kier alpha value is -1.69. The van der Waals surface area contributed by atoms with Gasteiger partial charge in [-0.1, -0.05) is 12.8 Å². The first kappa shape index (κ1) is 16.7. The number of rotatable bonds is 8. The van der Waals surface area contributed by atoms with E-state index in [-0.39, 0.29) is 17.0 Å². The molecular weight excluding hydrogens is 282 g/mol. The van der Waals surface area contributed by atoms with Gasteiger partial charge in [0.15, 0.2) is 0 Å². The Kier molecular flexibility index (Phi) is 6.12. The zero-order chi connectivity index (χ0) is 15.8.